The average Bonchev–Trinajstić information content (AvgIpc) is 2.99. The molecule has 2 aromatic carbocycles. The topological polar surface area (TPSA) is 55.1 Å². The van der Waals surface area contributed by atoms with Crippen LogP contribution in [0.3, 0.4) is 0 Å². The third kappa shape index (κ3) is 3.98. The molecule has 4 rings (SSSR count). The molecule has 10 heteroatoms. The third-order valence-corrected chi connectivity index (χ3v) is 6.15. The number of nitrogens with zero attached hydrogens (tertiary/aromatic N) is 2. The van der Waals surface area contributed by atoms with Gasteiger partial charge in [-0.25, -0.2) is 13.6 Å². The second kappa shape index (κ2) is 9.26. The van der Waals surface area contributed by atoms with Gasteiger partial charge < -0.3 is 5.11 Å². The van der Waals surface area contributed by atoms with E-state index in [2.05, 4.69) is 4.98 Å². The van der Waals surface area contributed by atoms with Gasteiger partial charge in [0.15, 0.2) is 11.6 Å². The van der Waals surface area contributed by atoms with Gasteiger partial charge >= 0.3 is 35.5 Å². The second-order valence-corrected chi connectivity index (χ2v) is 7.77. The summed E-state index contributed by atoms with van der Waals surface area (Å²) in [4.78, 5) is 15.7. The normalized spacial score (nSPS) is 10.8. The first kappa shape index (κ1) is 23.1. The van der Waals surface area contributed by atoms with Crippen molar-refractivity contribution >= 4 is 81.4 Å². The average molecular weight is 475 g/mol. The summed E-state index contributed by atoms with van der Waals surface area (Å²) in [7, 11) is 0. The van der Waals surface area contributed by atoms with Crippen LogP contribution in [-0.2, 0) is 0 Å². The summed E-state index contributed by atoms with van der Waals surface area (Å²) in [6.45, 7) is 0. The van der Waals surface area contributed by atoms with Crippen molar-refractivity contribution in [2.24, 2.45) is 0 Å². The maximum absolute atomic E-state index is 14.9. The summed E-state index contributed by atoms with van der Waals surface area (Å²) < 4.78 is 31.0. The van der Waals surface area contributed by atoms with E-state index in [0.717, 1.165) is 11.8 Å². The number of carbonyl (C=O) groups is 1. The molecule has 0 radical (unpaired) electrons. The van der Waals surface area contributed by atoms with Gasteiger partial charge in [0.05, 0.1) is 32.9 Å². The van der Waals surface area contributed by atoms with Crippen LogP contribution < -0.4 is 0 Å². The summed E-state index contributed by atoms with van der Waals surface area (Å²) in [6, 6.07) is 10.4. The van der Waals surface area contributed by atoms with Crippen LogP contribution in [0, 0.1) is 11.6 Å². The predicted molar refractivity (Wildman–Crippen MR) is 116 cm³/mol. The van der Waals surface area contributed by atoms with Gasteiger partial charge in [0, 0.05) is 16.5 Å². The van der Waals surface area contributed by atoms with Gasteiger partial charge in [-0.1, -0.05) is 41.0 Å². The van der Waals surface area contributed by atoms with Gasteiger partial charge in [-0.05, 0) is 36.4 Å². The molecule has 2 aromatic heterocycles. The van der Waals surface area contributed by atoms with Crippen molar-refractivity contribution in [2.45, 2.75) is 9.79 Å². The molecule has 0 amide bonds. The van der Waals surface area contributed by atoms with Crippen molar-refractivity contribution in [2.75, 3.05) is 0 Å². The number of halogens is 4. The second-order valence-electron chi connectivity index (χ2n) is 5.95. The van der Waals surface area contributed by atoms with Crippen LogP contribution in [0.2, 0.25) is 10.2 Å². The third-order valence-electron chi connectivity index (χ3n) is 4.23. The van der Waals surface area contributed by atoms with E-state index >= 15 is 0 Å². The van der Waals surface area contributed by atoms with E-state index in [0.29, 0.717) is 16.0 Å². The number of hydrogen-bond acceptors (Lipinski definition) is 3. The van der Waals surface area contributed by atoms with Gasteiger partial charge in [-0.3, -0.25) is 9.55 Å². The number of fused-ring (bicyclic) bond motifs is 1. The van der Waals surface area contributed by atoms with Crippen molar-refractivity contribution in [3.63, 3.8) is 0 Å². The Morgan fingerprint density at radius 1 is 1.07 bits per heavy atom. The number of hydrogen-bond donors (Lipinski definition) is 1. The van der Waals surface area contributed by atoms with E-state index in [4.69, 9.17) is 28.3 Å². The zero-order valence-corrected chi connectivity index (χ0v) is 16.7. The molecule has 0 saturated carbocycles. The minimum atomic E-state index is -1.38. The summed E-state index contributed by atoms with van der Waals surface area (Å²) in [6.07, 6.45) is 3.07. The minimum absolute atomic E-state index is 0. The first-order valence-electron chi connectivity index (χ1n) is 8.18. The monoisotopic (exact) mass is 474 g/mol. The number of benzene rings is 2. The fraction of sp³-hybridized carbons (Fsp3) is 0. The van der Waals surface area contributed by atoms with E-state index < -0.39 is 23.2 Å². The van der Waals surface area contributed by atoms with Gasteiger partial charge in [-0.2, -0.15) is 0 Å². The molecule has 0 aliphatic carbocycles. The Balaban J connectivity index is 0.00000256. The molecule has 0 atom stereocenters. The van der Waals surface area contributed by atoms with Crippen LogP contribution in [0.4, 0.5) is 8.78 Å². The van der Waals surface area contributed by atoms with E-state index in [1.165, 1.54) is 35.0 Å². The van der Waals surface area contributed by atoms with Gasteiger partial charge in [0.25, 0.3) is 0 Å². The van der Waals surface area contributed by atoms with Gasteiger partial charge in [-0.15, -0.1) is 0 Å². The SMILES string of the molecule is O=C(O)c1cccc(Sc2c(Cl)n(-c3cccnc3)c3c(F)c(Cl)ccc23)c1F.[NaH]. The number of carboxylic acids is 1. The Hall–Kier alpha value is -1.61. The maximum atomic E-state index is 14.9. The molecule has 0 fully saturated rings. The van der Waals surface area contributed by atoms with Crippen molar-refractivity contribution in [1.29, 1.82) is 0 Å². The molecular formula is C20H11Cl2F2N2NaO2S. The number of rotatable bonds is 4. The van der Waals surface area contributed by atoms with E-state index in [1.807, 2.05) is 0 Å². The zero-order valence-electron chi connectivity index (χ0n) is 14.4. The molecule has 0 saturated heterocycles. The van der Waals surface area contributed by atoms with Crippen molar-refractivity contribution in [3.8, 4) is 5.69 Å². The van der Waals surface area contributed by atoms with E-state index in [-0.39, 0.29) is 50.1 Å². The molecule has 4 nitrogen and oxygen atoms in total. The van der Waals surface area contributed by atoms with E-state index in [9.17, 15) is 13.6 Å². The van der Waals surface area contributed by atoms with Crippen LogP contribution in [0.15, 0.2) is 64.6 Å². The van der Waals surface area contributed by atoms with Crippen molar-refractivity contribution < 1.29 is 18.7 Å². The number of pyridine rings is 1. The molecule has 0 bridgehead atoms. The van der Waals surface area contributed by atoms with Crippen LogP contribution in [0.5, 0.6) is 0 Å². The van der Waals surface area contributed by atoms with Crippen LogP contribution in [-0.4, -0.2) is 50.2 Å². The zero-order chi connectivity index (χ0) is 20.7. The Morgan fingerprint density at radius 2 is 1.83 bits per heavy atom. The summed E-state index contributed by atoms with van der Waals surface area (Å²) in [5.74, 6) is -2.95. The molecule has 4 aromatic rings. The van der Waals surface area contributed by atoms with Crippen molar-refractivity contribution in [1.82, 2.24) is 9.55 Å². The van der Waals surface area contributed by atoms with Crippen LogP contribution >= 0.6 is 35.0 Å². The molecule has 0 aliphatic rings. The summed E-state index contributed by atoms with van der Waals surface area (Å²) in [5, 5.41) is 9.59. The van der Waals surface area contributed by atoms with Gasteiger partial charge in [0.2, 0.25) is 0 Å². The fourth-order valence-electron chi connectivity index (χ4n) is 2.94. The summed E-state index contributed by atoms with van der Waals surface area (Å²) >= 11 is 13.5. The Kier molecular flexibility index (Phi) is 7.12. The molecule has 30 heavy (non-hydrogen) atoms. The van der Waals surface area contributed by atoms with Gasteiger partial charge in [0.1, 0.15) is 5.15 Å². The standard InChI is InChI=1S/C20H10Cl2F2N2O2S.Na.H/c21-13-7-6-12-17(16(13)24)26(10-3-2-8-25-9-10)19(22)18(12)29-14-5-1-4-11(15(14)23)20(27)28;;/h1-9H,(H,27,28);;. The quantitative estimate of drug-likeness (QED) is 0.379. The fourth-order valence-corrected chi connectivity index (χ4v) is 4.51. The molecule has 0 aliphatic heterocycles. The predicted octanol–water partition coefficient (Wildman–Crippen LogP) is 5.81. The molecular weight excluding hydrogens is 464 g/mol. The summed E-state index contributed by atoms with van der Waals surface area (Å²) in [5.41, 5.74) is 0.152. The number of aromatic carboxylic acids is 1. The van der Waals surface area contributed by atoms with Crippen LogP contribution in [0.1, 0.15) is 10.4 Å². The molecule has 0 unspecified atom stereocenters. The molecule has 1 N–H and O–H groups in total. The molecule has 148 valence electrons. The molecule has 0 spiro atoms. The van der Waals surface area contributed by atoms with Crippen LogP contribution in [0.25, 0.3) is 16.6 Å². The first-order chi connectivity index (χ1) is 13.9. The Bertz CT molecular complexity index is 1270. The molecule has 2 heterocycles. The van der Waals surface area contributed by atoms with Crippen molar-refractivity contribution in [3.05, 3.63) is 82.2 Å². The number of aromatic nitrogens is 2. The first-order valence-corrected chi connectivity index (χ1v) is 9.75. The van der Waals surface area contributed by atoms with E-state index in [1.54, 1.807) is 24.4 Å². The Morgan fingerprint density at radius 3 is 2.50 bits per heavy atom. The Labute approximate surface area is 206 Å². The number of carboxylic acid groups (broad SMARTS) is 1.